The van der Waals surface area contributed by atoms with Crippen LogP contribution in [0.5, 0.6) is 0 Å². The predicted octanol–water partition coefficient (Wildman–Crippen LogP) is 5.38. The first kappa shape index (κ1) is 18.2. The number of benzene rings is 3. The fourth-order valence-electron chi connectivity index (χ4n) is 3.00. The van der Waals surface area contributed by atoms with Crippen LogP contribution in [0.3, 0.4) is 0 Å². The minimum atomic E-state index is -0.326. The van der Waals surface area contributed by atoms with Gasteiger partial charge in [0, 0.05) is 22.1 Å². The molecule has 0 unspecified atom stereocenters. The van der Waals surface area contributed by atoms with Crippen LogP contribution in [-0.2, 0) is 10.5 Å². The average Bonchev–Trinajstić information content (AvgIpc) is 2.78. The molecule has 0 spiro atoms. The molecule has 0 saturated heterocycles. The van der Waals surface area contributed by atoms with Crippen LogP contribution in [0.15, 0.2) is 83.9 Å². The third-order valence-corrected chi connectivity index (χ3v) is 5.50. The Morgan fingerprint density at radius 3 is 2.25 bits per heavy atom. The second kappa shape index (κ2) is 8.23. The number of carbonyl (C=O) groups excluding carboxylic acids is 1. The average molecular weight is 386 g/mol. The lowest BCUT2D eigenvalue weighted by Gasteiger charge is -2.09. The zero-order chi connectivity index (χ0) is 19.3. The minimum Gasteiger partial charge on any atom is -0.465 e. The minimum absolute atomic E-state index is 0.326. The summed E-state index contributed by atoms with van der Waals surface area (Å²) in [5.41, 5.74) is 3.61. The van der Waals surface area contributed by atoms with E-state index in [2.05, 4.69) is 22.3 Å². The predicted molar refractivity (Wildman–Crippen MR) is 112 cm³/mol. The number of esters is 1. The fraction of sp³-hybridized carbons (Fsp3) is 0.0870. The summed E-state index contributed by atoms with van der Waals surface area (Å²) in [6, 6.07) is 25.8. The summed E-state index contributed by atoms with van der Waals surface area (Å²) in [4.78, 5) is 11.6. The molecular weight excluding hydrogens is 368 g/mol. The Labute approximate surface area is 167 Å². The Bertz CT molecular complexity index is 1110. The highest BCUT2D eigenvalue weighted by molar-refractivity contribution is 7.98. The highest BCUT2D eigenvalue weighted by Crippen LogP contribution is 2.32. The monoisotopic (exact) mass is 386 g/mol. The van der Waals surface area contributed by atoms with E-state index in [9.17, 15) is 4.79 Å². The molecule has 0 saturated carbocycles. The number of thioether (sulfide) groups is 1. The lowest BCUT2D eigenvalue weighted by atomic mass is 10.1. The maximum absolute atomic E-state index is 11.6. The van der Waals surface area contributed by atoms with E-state index in [1.54, 1.807) is 23.9 Å². The van der Waals surface area contributed by atoms with Gasteiger partial charge in [0.25, 0.3) is 0 Å². The van der Waals surface area contributed by atoms with Crippen LogP contribution in [0.25, 0.3) is 22.0 Å². The normalized spacial score (nSPS) is 10.8. The molecule has 0 bridgehead atoms. The number of ether oxygens (including phenoxy) is 1. The molecule has 0 amide bonds. The van der Waals surface area contributed by atoms with Gasteiger partial charge in [0.15, 0.2) is 0 Å². The van der Waals surface area contributed by atoms with Crippen LogP contribution in [0.2, 0.25) is 0 Å². The van der Waals surface area contributed by atoms with Crippen molar-refractivity contribution in [2.45, 2.75) is 10.8 Å². The first-order valence-electron chi connectivity index (χ1n) is 8.87. The number of carbonyl (C=O) groups is 1. The van der Waals surface area contributed by atoms with E-state index in [1.165, 1.54) is 7.11 Å². The topological polar surface area (TPSA) is 52.1 Å². The van der Waals surface area contributed by atoms with E-state index in [0.29, 0.717) is 5.56 Å². The van der Waals surface area contributed by atoms with E-state index >= 15 is 0 Å². The van der Waals surface area contributed by atoms with Crippen LogP contribution in [-0.4, -0.2) is 23.3 Å². The van der Waals surface area contributed by atoms with Gasteiger partial charge in [-0.2, -0.15) is 0 Å². The van der Waals surface area contributed by atoms with Crippen molar-refractivity contribution in [3.63, 3.8) is 0 Å². The molecule has 1 heterocycles. The van der Waals surface area contributed by atoms with Gasteiger partial charge in [-0.3, -0.25) is 0 Å². The van der Waals surface area contributed by atoms with Gasteiger partial charge in [-0.1, -0.05) is 78.5 Å². The second-order valence-corrected chi connectivity index (χ2v) is 7.21. The number of aromatic nitrogens is 2. The van der Waals surface area contributed by atoms with Crippen molar-refractivity contribution >= 4 is 28.5 Å². The fourth-order valence-corrected chi connectivity index (χ4v) is 3.93. The lowest BCUT2D eigenvalue weighted by molar-refractivity contribution is 0.0600. The summed E-state index contributed by atoms with van der Waals surface area (Å²) >= 11 is 1.64. The molecule has 4 aromatic rings. The molecule has 4 nitrogen and oxygen atoms in total. The summed E-state index contributed by atoms with van der Waals surface area (Å²) in [6.45, 7) is 0. The number of methoxy groups -OCH3 is 1. The number of nitrogens with zero attached hydrogens (tertiary/aromatic N) is 2. The van der Waals surface area contributed by atoms with Crippen molar-refractivity contribution in [2.75, 3.05) is 7.11 Å². The summed E-state index contributed by atoms with van der Waals surface area (Å²) in [7, 11) is 1.38. The summed E-state index contributed by atoms with van der Waals surface area (Å²) in [5, 5.41) is 12.1. The van der Waals surface area contributed by atoms with Crippen molar-refractivity contribution in [3.8, 4) is 11.3 Å². The van der Waals surface area contributed by atoms with Crippen molar-refractivity contribution in [1.82, 2.24) is 10.2 Å². The molecule has 5 heteroatoms. The Morgan fingerprint density at radius 1 is 0.857 bits per heavy atom. The Morgan fingerprint density at radius 2 is 1.54 bits per heavy atom. The number of hydrogen-bond acceptors (Lipinski definition) is 5. The van der Waals surface area contributed by atoms with Crippen LogP contribution in [0.1, 0.15) is 15.9 Å². The molecule has 0 aliphatic heterocycles. The molecule has 0 aliphatic carbocycles. The zero-order valence-electron chi connectivity index (χ0n) is 15.3. The van der Waals surface area contributed by atoms with E-state index in [4.69, 9.17) is 4.74 Å². The van der Waals surface area contributed by atoms with Gasteiger partial charge < -0.3 is 4.74 Å². The molecule has 1 aromatic heterocycles. The van der Waals surface area contributed by atoms with Gasteiger partial charge in [-0.25, -0.2) is 4.79 Å². The smallest absolute Gasteiger partial charge is 0.337 e. The zero-order valence-corrected chi connectivity index (χ0v) is 16.1. The van der Waals surface area contributed by atoms with Crippen molar-refractivity contribution in [1.29, 1.82) is 0 Å². The van der Waals surface area contributed by atoms with Crippen LogP contribution >= 0.6 is 11.8 Å². The number of fused-ring (bicyclic) bond motifs is 1. The lowest BCUT2D eigenvalue weighted by Crippen LogP contribution is -2.00. The largest absolute Gasteiger partial charge is 0.465 e. The van der Waals surface area contributed by atoms with Crippen LogP contribution < -0.4 is 0 Å². The summed E-state index contributed by atoms with van der Waals surface area (Å²) in [6.07, 6.45) is 0. The standard InChI is InChI=1S/C23H18N2O2S/c1-27-23(26)18-13-11-16(12-14-18)15-28-22-20-10-6-5-9-19(20)21(24-25-22)17-7-3-2-4-8-17/h2-14H,15H2,1H3. The van der Waals surface area contributed by atoms with Gasteiger partial charge in [-0.15, -0.1) is 10.2 Å². The van der Waals surface area contributed by atoms with E-state index in [-0.39, 0.29) is 5.97 Å². The quantitative estimate of drug-likeness (QED) is 0.341. The third-order valence-electron chi connectivity index (χ3n) is 4.45. The van der Waals surface area contributed by atoms with Gasteiger partial charge in [0.1, 0.15) is 10.7 Å². The molecule has 0 atom stereocenters. The van der Waals surface area contributed by atoms with Crippen LogP contribution in [0, 0.1) is 0 Å². The van der Waals surface area contributed by atoms with Crippen molar-refractivity contribution < 1.29 is 9.53 Å². The Balaban J connectivity index is 1.61. The van der Waals surface area contributed by atoms with E-state index < -0.39 is 0 Å². The van der Waals surface area contributed by atoms with Gasteiger partial charge >= 0.3 is 5.97 Å². The molecule has 138 valence electrons. The Kier molecular flexibility index (Phi) is 5.35. The number of rotatable bonds is 5. The van der Waals surface area contributed by atoms with Crippen molar-refractivity contribution in [2.24, 2.45) is 0 Å². The number of hydrogen-bond donors (Lipinski definition) is 0. The second-order valence-electron chi connectivity index (χ2n) is 6.24. The molecule has 0 fully saturated rings. The molecule has 3 aromatic carbocycles. The van der Waals surface area contributed by atoms with E-state index in [0.717, 1.165) is 38.4 Å². The highest BCUT2D eigenvalue weighted by atomic mass is 32.2. The Hall–Kier alpha value is -3.18. The molecule has 0 N–H and O–H groups in total. The first-order chi connectivity index (χ1) is 13.8. The first-order valence-corrected chi connectivity index (χ1v) is 9.86. The van der Waals surface area contributed by atoms with Gasteiger partial charge in [0.2, 0.25) is 0 Å². The van der Waals surface area contributed by atoms with Crippen LogP contribution in [0.4, 0.5) is 0 Å². The van der Waals surface area contributed by atoms with E-state index in [1.807, 2.05) is 54.6 Å². The maximum Gasteiger partial charge on any atom is 0.337 e. The molecule has 28 heavy (non-hydrogen) atoms. The van der Waals surface area contributed by atoms with Crippen molar-refractivity contribution in [3.05, 3.63) is 90.0 Å². The SMILES string of the molecule is COC(=O)c1ccc(CSc2nnc(-c3ccccc3)c3ccccc23)cc1. The molecule has 4 rings (SSSR count). The molecule has 0 radical (unpaired) electrons. The third kappa shape index (κ3) is 3.75. The summed E-state index contributed by atoms with van der Waals surface area (Å²) < 4.78 is 4.74. The maximum atomic E-state index is 11.6. The summed E-state index contributed by atoms with van der Waals surface area (Å²) in [5.74, 6) is 0.415. The highest BCUT2D eigenvalue weighted by Gasteiger charge is 2.11. The molecular formula is C23H18N2O2S. The van der Waals surface area contributed by atoms with Gasteiger partial charge in [0.05, 0.1) is 12.7 Å². The molecule has 0 aliphatic rings. The van der Waals surface area contributed by atoms with Gasteiger partial charge in [-0.05, 0) is 17.7 Å².